The van der Waals surface area contributed by atoms with Gasteiger partial charge in [-0.15, -0.1) is 0 Å². The Morgan fingerprint density at radius 3 is 2.67 bits per heavy atom. The van der Waals surface area contributed by atoms with Gasteiger partial charge in [-0.2, -0.15) is 4.31 Å². The van der Waals surface area contributed by atoms with Crippen LogP contribution in [0.3, 0.4) is 0 Å². The van der Waals surface area contributed by atoms with Crippen LogP contribution in [0.4, 0.5) is 0 Å². The second-order valence-electron chi connectivity index (χ2n) is 5.33. The molecule has 0 bridgehead atoms. The summed E-state index contributed by atoms with van der Waals surface area (Å²) in [7, 11) is -3.70. The molecule has 0 aromatic heterocycles. The van der Waals surface area contributed by atoms with Crippen LogP contribution in [0.25, 0.3) is 0 Å². The molecule has 1 heterocycles. The van der Waals surface area contributed by atoms with Crippen molar-refractivity contribution in [2.45, 2.75) is 23.8 Å². The lowest BCUT2D eigenvalue weighted by Crippen LogP contribution is -2.48. The average molecular weight is 330 g/mol. The largest absolute Gasteiger partial charge is 0.368 e. The Morgan fingerprint density at radius 2 is 2.00 bits per heavy atom. The molecule has 1 aromatic carbocycles. The third kappa shape index (κ3) is 2.99. The van der Waals surface area contributed by atoms with Gasteiger partial charge >= 0.3 is 0 Å². The molecule has 114 valence electrons. The molecule has 21 heavy (non-hydrogen) atoms. The molecule has 2 aliphatic rings. The first kappa shape index (κ1) is 15.0. The van der Waals surface area contributed by atoms with Crippen LogP contribution in [0.1, 0.15) is 12.8 Å². The van der Waals surface area contributed by atoms with Crippen LogP contribution in [0.15, 0.2) is 29.2 Å². The molecular formula is C14H16ClNO4S. The third-order valence-corrected chi connectivity index (χ3v) is 6.15. The van der Waals surface area contributed by atoms with E-state index < -0.39 is 16.1 Å². The van der Waals surface area contributed by atoms with Crippen molar-refractivity contribution in [2.24, 2.45) is 5.92 Å². The molecule has 1 aliphatic carbocycles. The van der Waals surface area contributed by atoms with Crippen molar-refractivity contribution < 1.29 is 17.9 Å². The predicted octanol–water partition coefficient (Wildman–Crippen LogP) is 1.71. The van der Waals surface area contributed by atoms with E-state index in [4.69, 9.17) is 16.3 Å². The minimum absolute atomic E-state index is 0.0223. The van der Waals surface area contributed by atoms with Gasteiger partial charge in [0.1, 0.15) is 11.0 Å². The number of halogens is 1. The van der Waals surface area contributed by atoms with E-state index in [9.17, 15) is 13.2 Å². The summed E-state index contributed by atoms with van der Waals surface area (Å²) in [5.41, 5.74) is 0. The Morgan fingerprint density at radius 1 is 1.29 bits per heavy atom. The van der Waals surface area contributed by atoms with Crippen LogP contribution < -0.4 is 0 Å². The van der Waals surface area contributed by atoms with Crippen molar-refractivity contribution >= 4 is 27.4 Å². The summed E-state index contributed by atoms with van der Waals surface area (Å²) in [6.07, 6.45) is 1.12. The highest BCUT2D eigenvalue weighted by atomic mass is 35.5. The molecule has 1 atom stereocenters. The summed E-state index contributed by atoms with van der Waals surface area (Å²) in [4.78, 5) is 12.1. The molecule has 0 amide bonds. The first-order valence-electron chi connectivity index (χ1n) is 6.90. The number of Topliss-reactive ketones (excluding diaryl/α,β-unsaturated/α-hetero) is 1. The Kier molecular flexibility index (Phi) is 4.05. The van der Waals surface area contributed by atoms with Gasteiger partial charge in [0.25, 0.3) is 0 Å². The SMILES string of the molecule is O=C(C1CC1)[C@H]1CN(S(=O)(=O)c2ccccc2Cl)CCO1. The van der Waals surface area contributed by atoms with E-state index in [1.54, 1.807) is 18.2 Å². The molecule has 0 N–H and O–H groups in total. The number of rotatable bonds is 4. The lowest BCUT2D eigenvalue weighted by Gasteiger charge is -2.31. The Hall–Kier alpha value is -0.950. The van der Waals surface area contributed by atoms with E-state index in [0.717, 1.165) is 12.8 Å². The first-order chi connectivity index (χ1) is 10.00. The molecule has 0 unspecified atom stereocenters. The average Bonchev–Trinajstić information content (AvgIpc) is 3.31. The normalized spacial score (nSPS) is 24.0. The van der Waals surface area contributed by atoms with E-state index in [0.29, 0.717) is 0 Å². The van der Waals surface area contributed by atoms with Crippen LogP contribution in [0.5, 0.6) is 0 Å². The predicted molar refractivity (Wildman–Crippen MR) is 77.7 cm³/mol. The number of sulfonamides is 1. The maximum atomic E-state index is 12.6. The summed E-state index contributed by atoms with van der Waals surface area (Å²) >= 11 is 5.98. The van der Waals surface area contributed by atoms with Crippen LogP contribution in [-0.2, 0) is 19.6 Å². The van der Waals surface area contributed by atoms with Gasteiger partial charge in [0, 0.05) is 19.0 Å². The number of ketones is 1. The van der Waals surface area contributed by atoms with Crippen molar-refractivity contribution in [1.29, 1.82) is 0 Å². The molecule has 1 aliphatic heterocycles. The molecule has 0 radical (unpaired) electrons. The lowest BCUT2D eigenvalue weighted by atomic mass is 10.1. The Labute approximate surface area is 128 Å². The molecule has 0 spiro atoms. The Bertz CT molecular complexity index is 657. The van der Waals surface area contributed by atoms with Crippen molar-refractivity contribution in [3.63, 3.8) is 0 Å². The number of hydrogen-bond acceptors (Lipinski definition) is 4. The zero-order chi connectivity index (χ0) is 15.0. The highest BCUT2D eigenvalue weighted by Crippen LogP contribution is 2.33. The summed E-state index contributed by atoms with van der Waals surface area (Å²) in [5, 5.41) is 0.189. The molecule has 3 rings (SSSR count). The smallest absolute Gasteiger partial charge is 0.244 e. The summed E-state index contributed by atoms with van der Waals surface area (Å²) in [6.45, 7) is 0.539. The standard InChI is InChI=1S/C14H16ClNO4S/c15-11-3-1-2-4-13(11)21(18,19)16-7-8-20-12(9-16)14(17)10-5-6-10/h1-4,10,12H,5-9H2/t12-/m1/s1. The van der Waals surface area contributed by atoms with Crippen molar-refractivity contribution in [2.75, 3.05) is 19.7 Å². The van der Waals surface area contributed by atoms with Crippen molar-refractivity contribution in [3.8, 4) is 0 Å². The highest BCUT2D eigenvalue weighted by Gasteiger charge is 2.40. The van der Waals surface area contributed by atoms with Crippen molar-refractivity contribution in [3.05, 3.63) is 29.3 Å². The quantitative estimate of drug-likeness (QED) is 0.843. The van der Waals surface area contributed by atoms with Crippen LogP contribution >= 0.6 is 11.6 Å². The minimum atomic E-state index is -3.70. The molecule has 1 aromatic rings. The van der Waals surface area contributed by atoms with Gasteiger partial charge < -0.3 is 4.74 Å². The third-order valence-electron chi connectivity index (χ3n) is 3.78. The fraction of sp³-hybridized carbons (Fsp3) is 0.500. The van der Waals surface area contributed by atoms with Gasteiger partial charge in [0.05, 0.1) is 11.6 Å². The van der Waals surface area contributed by atoms with E-state index >= 15 is 0 Å². The zero-order valence-corrected chi connectivity index (χ0v) is 12.9. The van der Waals surface area contributed by atoms with Gasteiger partial charge in [-0.3, -0.25) is 4.79 Å². The van der Waals surface area contributed by atoms with Crippen LogP contribution in [0.2, 0.25) is 5.02 Å². The number of carbonyl (C=O) groups is 1. The van der Waals surface area contributed by atoms with Gasteiger partial charge in [-0.1, -0.05) is 23.7 Å². The molecular weight excluding hydrogens is 314 g/mol. The number of nitrogens with zero attached hydrogens (tertiary/aromatic N) is 1. The molecule has 2 fully saturated rings. The maximum Gasteiger partial charge on any atom is 0.244 e. The summed E-state index contributed by atoms with van der Waals surface area (Å²) in [5.74, 6) is 0.0759. The fourth-order valence-corrected chi connectivity index (χ4v) is 4.36. The van der Waals surface area contributed by atoms with E-state index in [1.807, 2.05) is 0 Å². The Balaban J connectivity index is 1.82. The van der Waals surface area contributed by atoms with E-state index in [2.05, 4.69) is 0 Å². The second kappa shape index (κ2) is 5.68. The number of carbonyl (C=O) groups excluding carboxylic acids is 1. The summed E-state index contributed by atoms with van der Waals surface area (Å²) < 4.78 is 32.0. The van der Waals surface area contributed by atoms with Gasteiger partial charge in [-0.25, -0.2) is 8.42 Å². The van der Waals surface area contributed by atoms with Crippen LogP contribution in [-0.4, -0.2) is 44.3 Å². The molecule has 1 saturated heterocycles. The fourth-order valence-electron chi connectivity index (χ4n) is 2.44. The number of morpholine rings is 1. The number of hydrogen-bond donors (Lipinski definition) is 0. The topological polar surface area (TPSA) is 63.7 Å². The van der Waals surface area contributed by atoms with Gasteiger partial charge in [-0.05, 0) is 25.0 Å². The van der Waals surface area contributed by atoms with E-state index in [1.165, 1.54) is 10.4 Å². The molecule has 5 nitrogen and oxygen atoms in total. The highest BCUT2D eigenvalue weighted by molar-refractivity contribution is 7.89. The van der Waals surface area contributed by atoms with E-state index in [-0.39, 0.29) is 41.3 Å². The van der Waals surface area contributed by atoms with Gasteiger partial charge in [0.15, 0.2) is 5.78 Å². The zero-order valence-electron chi connectivity index (χ0n) is 11.4. The maximum absolute atomic E-state index is 12.6. The minimum Gasteiger partial charge on any atom is -0.368 e. The van der Waals surface area contributed by atoms with Gasteiger partial charge in [0.2, 0.25) is 10.0 Å². The monoisotopic (exact) mass is 329 g/mol. The summed E-state index contributed by atoms with van der Waals surface area (Å²) in [6, 6.07) is 6.33. The van der Waals surface area contributed by atoms with Crippen molar-refractivity contribution in [1.82, 2.24) is 4.31 Å². The number of benzene rings is 1. The number of ether oxygens (including phenoxy) is 1. The lowest BCUT2D eigenvalue weighted by molar-refractivity contribution is -0.135. The first-order valence-corrected chi connectivity index (χ1v) is 8.72. The molecule has 7 heteroatoms. The molecule has 1 saturated carbocycles. The second-order valence-corrected chi connectivity index (χ2v) is 7.64. The van der Waals surface area contributed by atoms with Crippen LogP contribution in [0, 0.1) is 5.92 Å².